The molecule has 172 valence electrons. The molecule has 1 saturated heterocycles. The highest BCUT2D eigenvalue weighted by atomic mass is 16.5. The lowest BCUT2D eigenvalue weighted by Crippen LogP contribution is -2.57. The summed E-state index contributed by atoms with van der Waals surface area (Å²) in [7, 11) is 0. The van der Waals surface area contributed by atoms with Gasteiger partial charge in [0.1, 0.15) is 12.1 Å². The first kappa shape index (κ1) is 21.5. The van der Waals surface area contributed by atoms with E-state index in [0.29, 0.717) is 32.2 Å². The lowest BCUT2D eigenvalue weighted by Gasteiger charge is -2.39. The lowest BCUT2D eigenvalue weighted by molar-refractivity contribution is -0.150. The van der Waals surface area contributed by atoms with Crippen LogP contribution in [-0.2, 0) is 14.3 Å². The number of carbonyl (C=O) groups excluding carboxylic acids is 2. The standard InChI is InChI=1S/C26H28N2O5/c1-16-17(23(29)30)11-6-14-28(16)24(31)26(12-13-26)27-25(32)33-15-22-20-9-4-2-7-18(20)19-8-3-5-10-21(19)22/h2-5,7-10,16-17,22H,6,11-15H2,1H3,(H,27,32)(H,29,30)/t16-,17-/m0/s1. The summed E-state index contributed by atoms with van der Waals surface area (Å²) in [6.07, 6.45) is 1.68. The van der Waals surface area contributed by atoms with Crippen molar-refractivity contribution in [3.05, 3.63) is 59.7 Å². The van der Waals surface area contributed by atoms with Crippen molar-refractivity contribution in [1.29, 1.82) is 0 Å². The Bertz CT molecular complexity index is 1060. The molecule has 2 aromatic rings. The summed E-state index contributed by atoms with van der Waals surface area (Å²) < 4.78 is 5.62. The molecule has 3 aliphatic rings. The molecule has 2 aliphatic carbocycles. The second-order valence-corrected chi connectivity index (χ2v) is 9.36. The highest BCUT2D eigenvalue weighted by Crippen LogP contribution is 2.45. The predicted molar refractivity (Wildman–Crippen MR) is 122 cm³/mol. The molecule has 7 nitrogen and oxygen atoms in total. The van der Waals surface area contributed by atoms with Gasteiger partial charge in [0.25, 0.3) is 0 Å². The van der Waals surface area contributed by atoms with E-state index in [1.54, 1.807) is 11.8 Å². The Hall–Kier alpha value is -3.35. The Balaban J connectivity index is 1.25. The molecule has 2 amide bonds. The second kappa shape index (κ2) is 8.21. The molecular formula is C26H28N2O5. The fourth-order valence-electron chi connectivity index (χ4n) is 5.38. The van der Waals surface area contributed by atoms with E-state index >= 15 is 0 Å². The number of ether oxygens (including phenoxy) is 1. The van der Waals surface area contributed by atoms with Crippen LogP contribution in [0.15, 0.2) is 48.5 Å². The van der Waals surface area contributed by atoms with Crippen molar-refractivity contribution in [2.45, 2.75) is 50.1 Å². The molecule has 2 fully saturated rings. The van der Waals surface area contributed by atoms with E-state index in [1.165, 1.54) is 0 Å². The van der Waals surface area contributed by atoms with Gasteiger partial charge < -0.3 is 20.1 Å². The number of rotatable bonds is 5. The topological polar surface area (TPSA) is 95.9 Å². The number of carboxylic acids is 1. The first-order valence-corrected chi connectivity index (χ1v) is 11.6. The third-order valence-electron chi connectivity index (χ3n) is 7.41. The van der Waals surface area contributed by atoms with Gasteiger partial charge in [0.15, 0.2) is 0 Å². The van der Waals surface area contributed by atoms with E-state index in [2.05, 4.69) is 29.6 Å². The third-order valence-corrected chi connectivity index (χ3v) is 7.41. The first-order chi connectivity index (χ1) is 15.9. The summed E-state index contributed by atoms with van der Waals surface area (Å²) in [5.41, 5.74) is 3.60. The zero-order valence-corrected chi connectivity index (χ0v) is 18.6. The number of fused-ring (bicyclic) bond motifs is 3. The van der Waals surface area contributed by atoms with Crippen LogP contribution in [0.1, 0.15) is 49.7 Å². The van der Waals surface area contributed by atoms with Crippen LogP contribution in [0.2, 0.25) is 0 Å². The maximum Gasteiger partial charge on any atom is 0.408 e. The van der Waals surface area contributed by atoms with Gasteiger partial charge >= 0.3 is 12.1 Å². The number of benzene rings is 2. The normalized spacial score (nSPS) is 22.8. The maximum absolute atomic E-state index is 13.2. The largest absolute Gasteiger partial charge is 0.481 e. The number of aliphatic carboxylic acids is 1. The number of amides is 2. The van der Waals surface area contributed by atoms with Gasteiger partial charge in [-0.15, -0.1) is 0 Å². The van der Waals surface area contributed by atoms with Crippen LogP contribution in [0.4, 0.5) is 4.79 Å². The number of hydrogen-bond acceptors (Lipinski definition) is 4. The average Bonchev–Trinajstić information content (AvgIpc) is 3.52. The molecule has 1 aliphatic heterocycles. The number of likely N-dealkylation sites (tertiary alicyclic amines) is 1. The number of piperidine rings is 1. The number of hydrogen-bond donors (Lipinski definition) is 2. The summed E-state index contributed by atoms with van der Waals surface area (Å²) in [6, 6.07) is 15.9. The summed E-state index contributed by atoms with van der Waals surface area (Å²) >= 11 is 0. The molecule has 2 N–H and O–H groups in total. The molecule has 0 bridgehead atoms. The van der Waals surface area contributed by atoms with Gasteiger partial charge in [-0.25, -0.2) is 4.79 Å². The highest BCUT2D eigenvalue weighted by Gasteiger charge is 2.55. The molecule has 2 aromatic carbocycles. The van der Waals surface area contributed by atoms with Crippen LogP contribution >= 0.6 is 0 Å². The van der Waals surface area contributed by atoms with Crippen LogP contribution in [-0.4, -0.2) is 52.7 Å². The van der Waals surface area contributed by atoms with Gasteiger partial charge in [0.05, 0.1) is 5.92 Å². The number of carbonyl (C=O) groups is 3. The molecule has 1 saturated carbocycles. The zero-order valence-electron chi connectivity index (χ0n) is 18.6. The third kappa shape index (κ3) is 3.75. The van der Waals surface area contributed by atoms with Gasteiger partial charge in [0.2, 0.25) is 5.91 Å². The molecular weight excluding hydrogens is 420 g/mol. The van der Waals surface area contributed by atoms with Crippen molar-refractivity contribution in [2.24, 2.45) is 5.92 Å². The van der Waals surface area contributed by atoms with E-state index in [9.17, 15) is 19.5 Å². The molecule has 1 heterocycles. The quantitative estimate of drug-likeness (QED) is 0.726. The number of alkyl carbamates (subject to hydrolysis) is 1. The SMILES string of the molecule is C[C@H]1[C@@H](C(=O)O)CCCN1C(=O)C1(NC(=O)OCC2c3ccccc3-c3ccccc32)CC1. The van der Waals surface area contributed by atoms with E-state index in [-0.39, 0.29) is 18.4 Å². The van der Waals surface area contributed by atoms with Crippen molar-refractivity contribution >= 4 is 18.0 Å². The van der Waals surface area contributed by atoms with Gasteiger partial charge in [-0.05, 0) is 54.9 Å². The number of nitrogens with zero attached hydrogens (tertiary/aromatic N) is 1. The molecule has 2 atom stereocenters. The van der Waals surface area contributed by atoms with Crippen LogP contribution < -0.4 is 5.32 Å². The molecule has 7 heteroatoms. The molecule has 0 spiro atoms. The minimum absolute atomic E-state index is 0.0487. The van der Waals surface area contributed by atoms with Gasteiger partial charge in [0, 0.05) is 18.5 Å². The van der Waals surface area contributed by atoms with Crippen molar-refractivity contribution in [1.82, 2.24) is 10.2 Å². The smallest absolute Gasteiger partial charge is 0.408 e. The number of carboxylic acid groups (broad SMARTS) is 1. The Morgan fingerprint density at radius 1 is 1.06 bits per heavy atom. The van der Waals surface area contributed by atoms with E-state index in [0.717, 1.165) is 22.3 Å². The van der Waals surface area contributed by atoms with Gasteiger partial charge in [-0.2, -0.15) is 0 Å². The second-order valence-electron chi connectivity index (χ2n) is 9.36. The molecule has 0 unspecified atom stereocenters. The van der Waals surface area contributed by atoms with E-state index < -0.39 is 29.6 Å². The Morgan fingerprint density at radius 2 is 1.67 bits per heavy atom. The van der Waals surface area contributed by atoms with Crippen molar-refractivity contribution in [3.63, 3.8) is 0 Å². The van der Waals surface area contributed by atoms with E-state index in [4.69, 9.17) is 4.74 Å². The van der Waals surface area contributed by atoms with Crippen molar-refractivity contribution in [3.8, 4) is 11.1 Å². The highest BCUT2D eigenvalue weighted by molar-refractivity contribution is 5.93. The average molecular weight is 449 g/mol. The Kier molecular flexibility index (Phi) is 5.35. The van der Waals surface area contributed by atoms with Crippen LogP contribution in [0.3, 0.4) is 0 Å². The maximum atomic E-state index is 13.2. The molecule has 0 aromatic heterocycles. The lowest BCUT2D eigenvalue weighted by atomic mass is 9.89. The van der Waals surface area contributed by atoms with Gasteiger partial charge in [-0.1, -0.05) is 48.5 Å². The molecule has 0 radical (unpaired) electrons. The number of nitrogens with one attached hydrogen (secondary N) is 1. The van der Waals surface area contributed by atoms with Gasteiger partial charge in [-0.3, -0.25) is 9.59 Å². The Morgan fingerprint density at radius 3 is 2.24 bits per heavy atom. The fourth-order valence-corrected chi connectivity index (χ4v) is 5.38. The summed E-state index contributed by atoms with van der Waals surface area (Å²) in [6.45, 7) is 2.47. The summed E-state index contributed by atoms with van der Waals surface area (Å²) in [5.74, 6) is -1.70. The van der Waals surface area contributed by atoms with Crippen LogP contribution in [0.25, 0.3) is 11.1 Å². The zero-order chi connectivity index (χ0) is 23.2. The van der Waals surface area contributed by atoms with Crippen LogP contribution in [0.5, 0.6) is 0 Å². The molecule has 5 rings (SSSR count). The Labute approximate surface area is 192 Å². The van der Waals surface area contributed by atoms with Crippen molar-refractivity contribution in [2.75, 3.05) is 13.2 Å². The summed E-state index contributed by atoms with van der Waals surface area (Å²) in [4.78, 5) is 39.1. The van der Waals surface area contributed by atoms with Crippen molar-refractivity contribution < 1.29 is 24.2 Å². The van der Waals surface area contributed by atoms with E-state index in [1.807, 2.05) is 24.3 Å². The minimum Gasteiger partial charge on any atom is -0.481 e. The van der Waals surface area contributed by atoms with Crippen LogP contribution in [0, 0.1) is 5.92 Å². The predicted octanol–water partition coefficient (Wildman–Crippen LogP) is 3.77. The monoisotopic (exact) mass is 448 g/mol. The summed E-state index contributed by atoms with van der Waals surface area (Å²) in [5, 5.41) is 12.3. The minimum atomic E-state index is -0.975. The first-order valence-electron chi connectivity index (χ1n) is 11.6. The molecule has 33 heavy (non-hydrogen) atoms. The fraction of sp³-hybridized carbons (Fsp3) is 0.423.